The topological polar surface area (TPSA) is 76.4 Å². The molecule has 1 unspecified atom stereocenters. The Morgan fingerprint density at radius 2 is 2.22 bits per heavy atom. The molecule has 3 N–H and O–H groups in total. The highest BCUT2D eigenvalue weighted by Gasteiger charge is 2.15. The van der Waals surface area contributed by atoms with Gasteiger partial charge < -0.3 is 15.6 Å². The molecule has 0 aromatic carbocycles. The van der Waals surface area contributed by atoms with Gasteiger partial charge >= 0.3 is 0 Å². The maximum Gasteiger partial charge on any atom is 0.188 e. The summed E-state index contributed by atoms with van der Waals surface area (Å²) in [6.45, 7) is 9.66. The summed E-state index contributed by atoms with van der Waals surface area (Å²) < 4.78 is 5.16. The molecule has 0 saturated carbocycles. The summed E-state index contributed by atoms with van der Waals surface area (Å²) in [6.07, 6.45) is 2.26. The number of hydrogen-bond donors (Lipinski definition) is 2. The lowest BCUT2D eigenvalue weighted by Gasteiger charge is -2.09. The molecule has 0 bridgehead atoms. The van der Waals surface area contributed by atoms with Crippen molar-refractivity contribution in [1.82, 2.24) is 10.5 Å². The third kappa shape index (κ3) is 4.05. The van der Waals surface area contributed by atoms with Crippen LogP contribution in [0.3, 0.4) is 0 Å². The second-order valence-corrected chi connectivity index (χ2v) is 4.65. The predicted molar refractivity (Wildman–Crippen MR) is 73.8 cm³/mol. The summed E-state index contributed by atoms with van der Waals surface area (Å²) in [5.41, 5.74) is 7.87. The molecule has 1 aromatic rings. The van der Waals surface area contributed by atoms with Crippen molar-refractivity contribution in [3.8, 4) is 0 Å². The highest BCUT2D eigenvalue weighted by molar-refractivity contribution is 5.77. The molecule has 1 rings (SSSR count). The van der Waals surface area contributed by atoms with E-state index in [-0.39, 0.29) is 5.92 Å². The smallest absolute Gasteiger partial charge is 0.188 e. The summed E-state index contributed by atoms with van der Waals surface area (Å²) in [4.78, 5) is 4.35. The van der Waals surface area contributed by atoms with Crippen LogP contribution in [0.1, 0.15) is 49.6 Å². The Hall–Kier alpha value is -1.52. The molecule has 5 heteroatoms. The van der Waals surface area contributed by atoms with Crippen molar-refractivity contribution < 1.29 is 4.52 Å². The molecule has 0 aliphatic carbocycles. The quantitative estimate of drug-likeness (QED) is 0.462. The van der Waals surface area contributed by atoms with Crippen molar-refractivity contribution >= 4 is 5.96 Å². The second kappa shape index (κ2) is 7.03. The number of hydrogen-bond acceptors (Lipinski definition) is 3. The predicted octanol–water partition coefficient (Wildman–Crippen LogP) is 2.10. The first-order valence-electron chi connectivity index (χ1n) is 6.52. The lowest BCUT2D eigenvalue weighted by atomic mass is 10.00. The van der Waals surface area contributed by atoms with E-state index < -0.39 is 0 Å². The van der Waals surface area contributed by atoms with Crippen LogP contribution in [-0.4, -0.2) is 24.2 Å². The molecule has 1 atom stereocenters. The molecule has 102 valence electrons. The minimum absolute atomic E-state index is 0.266. The average molecular weight is 252 g/mol. The van der Waals surface area contributed by atoms with E-state index in [0.29, 0.717) is 12.5 Å². The molecule has 0 radical (unpaired) electrons. The molecule has 18 heavy (non-hydrogen) atoms. The Morgan fingerprint density at radius 3 is 2.78 bits per heavy atom. The van der Waals surface area contributed by atoms with E-state index in [0.717, 1.165) is 36.4 Å². The van der Waals surface area contributed by atoms with Crippen LogP contribution in [0.2, 0.25) is 0 Å². The van der Waals surface area contributed by atoms with E-state index in [1.165, 1.54) is 0 Å². The third-order valence-electron chi connectivity index (χ3n) is 2.95. The first-order valence-corrected chi connectivity index (χ1v) is 6.52. The van der Waals surface area contributed by atoms with Crippen molar-refractivity contribution in [2.45, 2.75) is 46.5 Å². The Balaban J connectivity index is 2.50. The van der Waals surface area contributed by atoms with Gasteiger partial charge in [0.25, 0.3) is 0 Å². The molecule has 0 spiro atoms. The SMILES string of the molecule is CCCCNC(N)=NCC(C)c1c(C)noc1C. The molecular weight excluding hydrogens is 228 g/mol. The summed E-state index contributed by atoms with van der Waals surface area (Å²) in [6, 6.07) is 0. The van der Waals surface area contributed by atoms with Crippen LogP contribution in [0, 0.1) is 13.8 Å². The molecule has 0 aliphatic heterocycles. The van der Waals surface area contributed by atoms with Gasteiger partial charge in [0.1, 0.15) is 5.76 Å². The van der Waals surface area contributed by atoms with Gasteiger partial charge in [-0.15, -0.1) is 0 Å². The fourth-order valence-corrected chi connectivity index (χ4v) is 1.97. The Kier molecular flexibility index (Phi) is 5.68. The van der Waals surface area contributed by atoms with Crippen LogP contribution in [0.4, 0.5) is 0 Å². The highest BCUT2D eigenvalue weighted by atomic mass is 16.5. The average Bonchev–Trinajstić information content (AvgIpc) is 2.66. The van der Waals surface area contributed by atoms with Gasteiger partial charge in [-0.2, -0.15) is 0 Å². The Bertz CT molecular complexity index is 378. The van der Waals surface area contributed by atoms with E-state index in [9.17, 15) is 0 Å². The number of nitrogens with two attached hydrogens (primary N) is 1. The second-order valence-electron chi connectivity index (χ2n) is 4.65. The zero-order valence-corrected chi connectivity index (χ0v) is 11.8. The van der Waals surface area contributed by atoms with Crippen LogP contribution in [-0.2, 0) is 0 Å². The molecule has 1 heterocycles. The number of rotatable bonds is 6. The van der Waals surface area contributed by atoms with Gasteiger partial charge in [-0.1, -0.05) is 25.4 Å². The lowest BCUT2D eigenvalue weighted by molar-refractivity contribution is 0.391. The van der Waals surface area contributed by atoms with E-state index in [1.807, 2.05) is 13.8 Å². The number of guanidine groups is 1. The van der Waals surface area contributed by atoms with Gasteiger partial charge in [-0.3, -0.25) is 4.99 Å². The molecule has 0 saturated heterocycles. The van der Waals surface area contributed by atoms with E-state index in [2.05, 4.69) is 29.3 Å². The number of aliphatic imine (C=N–C) groups is 1. The normalized spacial score (nSPS) is 13.7. The van der Waals surface area contributed by atoms with Crippen LogP contribution in [0.25, 0.3) is 0 Å². The van der Waals surface area contributed by atoms with Gasteiger partial charge in [0, 0.05) is 24.6 Å². The number of aromatic nitrogens is 1. The van der Waals surface area contributed by atoms with Crippen LogP contribution >= 0.6 is 0 Å². The third-order valence-corrected chi connectivity index (χ3v) is 2.95. The van der Waals surface area contributed by atoms with Gasteiger partial charge in [-0.25, -0.2) is 0 Å². The summed E-state index contributed by atoms with van der Waals surface area (Å²) in [5.74, 6) is 1.65. The van der Waals surface area contributed by atoms with Crippen molar-refractivity contribution in [2.24, 2.45) is 10.7 Å². The first kappa shape index (κ1) is 14.5. The van der Waals surface area contributed by atoms with Gasteiger partial charge in [-0.05, 0) is 20.3 Å². The zero-order valence-electron chi connectivity index (χ0n) is 11.8. The minimum atomic E-state index is 0.266. The largest absolute Gasteiger partial charge is 0.370 e. The van der Waals surface area contributed by atoms with Gasteiger partial charge in [0.05, 0.1) is 5.69 Å². The van der Waals surface area contributed by atoms with Crippen LogP contribution in [0.15, 0.2) is 9.52 Å². The molecular formula is C13H24N4O. The van der Waals surface area contributed by atoms with Crippen molar-refractivity contribution in [3.63, 3.8) is 0 Å². The van der Waals surface area contributed by atoms with E-state index in [4.69, 9.17) is 10.3 Å². The number of aryl methyl sites for hydroxylation is 2. The fraction of sp³-hybridized carbons (Fsp3) is 0.692. The molecule has 5 nitrogen and oxygen atoms in total. The Morgan fingerprint density at radius 1 is 1.50 bits per heavy atom. The maximum absolute atomic E-state index is 5.79. The minimum Gasteiger partial charge on any atom is -0.370 e. The van der Waals surface area contributed by atoms with E-state index in [1.54, 1.807) is 0 Å². The monoisotopic (exact) mass is 252 g/mol. The number of nitrogens with zero attached hydrogens (tertiary/aromatic N) is 2. The molecule has 0 amide bonds. The Labute approximate surface area is 109 Å². The standard InChI is InChI=1S/C13H24N4O/c1-5-6-7-15-13(14)16-8-9(2)12-10(3)17-18-11(12)4/h9H,5-8H2,1-4H3,(H3,14,15,16). The lowest BCUT2D eigenvalue weighted by Crippen LogP contribution is -2.32. The molecule has 0 fully saturated rings. The maximum atomic E-state index is 5.79. The fourth-order valence-electron chi connectivity index (χ4n) is 1.97. The number of nitrogens with one attached hydrogen (secondary N) is 1. The van der Waals surface area contributed by atoms with Crippen molar-refractivity contribution in [3.05, 3.63) is 17.0 Å². The summed E-state index contributed by atoms with van der Waals surface area (Å²) in [5, 5.41) is 7.06. The number of unbranched alkanes of at least 4 members (excludes halogenated alkanes) is 1. The van der Waals surface area contributed by atoms with E-state index >= 15 is 0 Å². The highest BCUT2D eigenvalue weighted by Crippen LogP contribution is 2.22. The van der Waals surface area contributed by atoms with Crippen LogP contribution < -0.4 is 11.1 Å². The van der Waals surface area contributed by atoms with Crippen molar-refractivity contribution in [2.75, 3.05) is 13.1 Å². The van der Waals surface area contributed by atoms with Crippen LogP contribution in [0.5, 0.6) is 0 Å². The van der Waals surface area contributed by atoms with Gasteiger partial charge in [0.2, 0.25) is 0 Å². The summed E-state index contributed by atoms with van der Waals surface area (Å²) >= 11 is 0. The van der Waals surface area contributed by atoms with Gasteiger partial charge in [0.15, 0.2) is 5.96 Å². The molecule has 1 aromatic heterocycles. The molecule has 0 aliphatic rings. The van der Waals surface area contributed by atoms with Crippen molar-refractivity contribution in [1.29, 1.82) is 0 Å². The summed E-state index contributed by atoms with van der Waals surface area (Å²) in [7, 11) is 0. The first-order chi connectivity index (χ1) is 8.56. The zero-order chi connectivity index (χ0) is 13.5.